The number of ether oxygens (including phenoxy) is 4. The van der Waals surface area contributed by atoms with E-state index in [1.54, 1.807) is 29.2 Å². The van der Waals surface area contributed by atoms with Crippen LogP contribution in [0.4, 0.5) is 5.69 Å². The maximum Gasteiger partial charge on any atom is 0.341 e. The molecular formula is C44H50N2O9S. The molecule has 2 heterocycles. The maximum atomic E-state index is 14.3. The van der Waals surface area contributed by atoms with E-state index in [-0.39, 0.29) is 41.0 Å². The van der Waals surface area contributed by atoms with Crippen LogP contribution in [0.25, 0.3) is 0 Å². The minimum atomic E-state index is -4.19. The summed E-state index contributed by atoms with van der Waals surface area (Å²) in [5.74, 6) is -0.202. The summed E-state index contributed by atoms with van der Waals surface area (Å²) in [5, 5.41) is 9.48. The lowest BCUT2D eigenvalue weighted by atomic mass is 9.74. The first-order valence-electron chi connectivity index (χ1n) is 19.0. The zero-order chi connectivity index (χ0) is 40.0. The van der Waals surface area contributed by atoms with E-state index in [2.05, 4.69) is 13.5 Å². The van der Waals surface area contributed by atoms with Gasteiger partial charge in [0.1, 0.15) is 27.9 Å². The van der Waals surface area contributed by atoms with Crippen LogP contribution in [0, 0.1) is 5.92 Å². The maximum absolute atomic E-state index is 14.3. The first kappa shape index (κ1) is 40.5. The average Bonchev–Trinajstić information content (AvgIpc) is 3.64. The Morgan fingerprint density at radius 2 is 1.71 bits per heavy atom. The van der Waals surface area contributed by atoms with Crippen molar-refractivity contribution in [3.05, 3.63) is 120 Å². The second-order valence-electron chi connectivity index (χ2n) is 14.4. The van der Waals surface area contributed by atoms with Gasteiger partial charge >= 0.3 is 5.97 Å². The molecule has 56 heavy (non-hydrogen) atoms. The van der Waals surface area contributed by atoms with Crippen molar-refractivity contribution in [2.75, 3.05) is 38.8 Å². The molecule has 0 spiro atoms. The molecule has 2 aliphatic heterocycles. The summed E-state index contributed by atoms with van der Waals surface area (Å²) in [4.78, 5) is 26.7. The zero-order valence-electron chi connectivity index (χ0n) is 32.3. The highest BCUT2D eigenvalue weighted by atomic mass is 32.2. The predicted molar refractivity (Wildman–Crippen MR) is 214 cm³/mol. The number of para-hydroxylation sites is 2. The molecule has 4 atom stereocenters. The van der Waals surface area contributed by atoms with Gasteiger partial charge in [0.15, 0.2) is 6.61 Å². The Labute approximate surface area is 329 Å². The Hall–Kier alpha value is -5.17. The highest BCUT2D eigenvalue weighted by molar-refractivity contribution is 7.89. The number of amides is 1. The molecule has 12 heteroatoms. The first-order valence-corrected chi connectivity index (χ1v) is 20.4. The molecule has 1 amide bonds. The molecule has 4 aromatic rings. The summed E-state index contributed by atoms with van der Waals surface area (Å²) in [7, 11) is -1.35. The number of unbranched alkanes of at least 4 members (excludes halogenated alkanes) is 1. The van der Waals surface area contributed by atoms with E-state index in [1.165, 1.54) is 14.2 Å². The monoisotopic (exact) mass is 782 g/mol. The Bertz CT molecular complexity index is 2160. The molecule has 6 rings (SSSR count). The van der Waals surface area contributed by atoms with E-state index in [9.17, 15) is 23.1 Å². The molecule has 1 fully saturated rings. The van der Waals surface area contributed by atoms with Crippen LogP contribution in [-0.4, -0.2) is 69.7 Å². The van der Waals surface area contributed by atoms with Gasteiger partial charge in [-0.2, -0.15) is 4.31 Å². The number of carboxylic acid groups (broad SMARTS) is 1. The number of nitrogens with zero attached hydrogens (tertiary/aromatic N) is 2. The van der Waals surface area contributed by atoms with Gasteiger partial charge in [-0.1, -0.05) is 74.4 Å². The van der Waals surface area contributed by atoms with Crippen molar-refractivity contribution in [2.24, 2.45) is 5.92 Å². The number of fused-ring (bicyclic) bond motifs is 1. The van der Waals surface area contributed by atoms with E-state index < -0.39 is 28.7 Å². The highest BCUT2D eigenvalue weighted by Crippen LogP contribution is 2.50. The number of methoxy groups -OCH3 is 1. The van der Waals surface area contributed by atoms with Gasteiger partial charge in [-0.3, -0.25) is 4.79 Å². The molecule has 0 saturated carbocycles. The summed E-state index contributed by atoms with van der Waals surface area (Å²) in [5.41, 5.74) is 4.10. The van der Waals surface area contributed by atoms with Crippen molar-refractivity contribution in [3.63, 3.8) is 0 Å². The van der Waals surface area contributed by atoms with Gasteiger partial charge in [0, 0.05) is 36.7 Å². The number of sulfonamides is 1. The van der Waals surface area contributed by atoms with Crippen molar-refractivity contribution >= 4 is 27.6 Å². The molecule has 0 radical (unpaired) electrons. The van der Waals surface area contributed by atoms with Crippen molar-refractivity contribution < 1.29 is 42.1 Å². The molecule has 296 valence electrons. The zero-order valence-corrected chi connectivity index (χ0v) is 33.2. The largest absolute Gasteiger partial charge is 0.495 e. The van der Waals surface area contributed by atoms with Crippen molar-refractivity contribution in [2.45, 2.75) is 69.0 Å². The van der Waals surface area contributed by atoms with Gasteiger partial charge in [-0.15, -0.1) is 0 Å². The molecule has 1 N–H and O–H groups in total. The van der Waals surface area contributed by atoms with Crippen LogP contribution in [-0.2, 0) is 30.8 Å². The van der Waals surface area contributed by atoms with Gasteiger partial charge in [-0.25, -0.2) is 13.2 Å². The molecule has 4 aromatic carbocycles. The lowest BCUT2D eigenvalue weighted by Crippen LogP contribution is -2.40. The minimum Gasteiger partial charge on any atom is -0.495 e. The molecule has 2 aliphatic rings. The third kappa shape index (κ3) is 8.93. The standard InChI is InChI=1S/C44H50N2O9S/c1-6-7-17-39-35(26-34(29(2)3)44(55-39)36-25-33(54-32-14-9-8-10-15-32)19-21-38(36)53-28-43(48)49)31-18-20-40(52-5)41(24-31)56(50,51)45(4)27-42(47)46-23-22-30-13-11-12-16-37(30)46/h8-16,18-21,24-25,34-35,39,44H,2,6-7,17,22-23,26-28H2,1,3-5H3,(H,48,49)/t34-,35-,39+,44+/m0/s1. The number of rotatable bonds is 16. The van der Waals surface area contributed by atoms with Crippen LogP contribution < -0.4 is 19.1 Å². The molecule has 0 bridgehead atoms. The molecule has 0 aliphatic carbocycles. The number of hydrogen-bond acceptors (Lipinski definition) is 8. The summed E-state index contributed by atoms with van der Waals surface area (Å²) in [6, 6.07) is 27.5. The Morgan fingerprint density at radius 1 is 0.982 bits per heavy atom. The van der Waals surface area contributed by atoms with Crippen LogP contribution in [0.3, 0.4) is 0 Å². The van der Waals surface area contributed by atoms with Gasteiger partial charge in [-0.05, 0) is 85.8 Å². The fraction of sp³-hybridized carbons (Fsp3) is 0.364. The minimum absolute atomic E-state index is 0.0343. The summed E-state index contributed by atoms with van der Waals surface area (Å²) >= 11 is 0. The number of hydrogen-bond donors (Lipinski definition) is 1. The van der Waals surface area contributed by atoms with Gasteiger partial charge in [0.2, 0.25) is 15.9 Å². The number of likely N-dealkylation sites (N-methyl/N-ethyl adjacent to an activating group) is 1. The van der Waals surface area contributed by atoms with Gasteiger partial charge in [0.25, 0.3) is 0 Å². The Kier molecular flexibility index (Phi) is 12.8. The molecular weight excluding hydrogens is 733 g/mol. The lowest BCUT2D eigenvalue weighted by molar-refractivity contribution is -0.139. The number of benzene rings is 4. The van der Waals surface area contributed by atoms with E-state index in [0.29, 0.717) is 48.6 Å². The second-order valence-corrected chi connectivity index (χ2v) is 16.4. The number of carbonyl (C=O) groups excluding carboxylic acids is 1. The van der Waals surface area contributed by atoms with Crippen molar-refractivity contribution in [1.82, 2.24) is 4.31 Å². The van der Waals surface area contributed by atoms with E-state index in [4.69, 9.17) is 18.9 Å². The summed E-state index contributed by atoms with van der Waals surface area (Å²) in [6.45, 7) is 7.99. The van der Waals surface area contributed by atoms with Crippen LogP contribution in [0.1, 0.15) is 68.2 Å². The first-order chi connectivity index (χ1) is 26.9. The molecule has 0 aromatic heterocycles. The Morgan fingerprint density at radius 3 is 2.43 bits per heavy atom. The van der Waals surface area contributed by atoms with Crippen LogP contribution in [0.2, 0.25) is 0 Å². The summed E-state index contributed by atoms with van der Waals surface area (Å²) in [6.07, 6.45) is 2.82. The fourth-order valence-electron chi connectivity index (χ4n) is 7.66. The summed E-state index contributed by atoms with van der Waals surface area (Å²) < 4.78 is 54.3. The van der Waals surface area contributed by atoms with Crippen LogP contribution in [0.15, 0.2) is 108 Å². The SMILES string of the molecule is C=C(C)[C@@H]1C[C@@H](c2ccc(OC)c(S(=O)(=O)N(C)CC(=O)N3CCc4ccccc43)c2)[C@@H](CCCC)O[C@H]1c1cc(Oc2ccccc2)ccc1OCC(=O)O. The third-order valence-electron chi connectivity index (χ3n) is 10.6. The van der Waals surface area contributed by atoms with E-state index >= 15 is 0 Å². The highest BCUT2D eigenvalue weighted by Gasteiger charge is 2.42. The normalized spacial score (nSPS) is 19.3. The number of aliphatic carboxylic acids is 1. The third-order valence-corrected chi connectivity index (χ3v) is 12.4. The van der Waals surface area contributed by atoms with Crippen molar-refractivity contribution in [3.8, 4) is 23.0 Å². The predicted octanol–water partition coefficient (Wildman–Crippen LogP) is 8.16. The Balaban J connectivity index is 1.32. The van der Waals surface area contributed by atoms with Gasteiger partial charge < -0.3 is 29.0 Å². The number of carboxylic acids is 1. The fourth-order valence-corrected chi connectivity index (χ4v) is 8.97. The number of anilines is 1. The second kappa shape index (κ2) is 17.7. The van der Waals surface area contributed by atoms with E-state index in [1.807, 2.05) is 73.7 Å². The van der Waals surface area contributed by atoms with Gasteiger partial charge in [0.05, 0.1) is 25.9 Å². The van der Waals surface area contributed by atoms with Crippen LogP contribution >= 0.6 is 0 Å². The molecule has 1 saturated heterocycles. The quantitative estimate of drug-likeness (QED) is 0.112. The average molecular weight is 783 g/mol. The smallest absolute Gasteiger partial charge is 0.341 e. The van der Waals surface area contributed by atoms with Crippen LogP contribution in [0.5, 0.6) is 23.0 Å². The molecule has 11 nitrogen and oxygen atoms in total. The van der Waals surface area contributed by atoms with Crippen molar-refractivity contribution in [1.29, 1.82) is 0 Å². The topological polar surface area (TPSA) is 132 Å². The lowest BCUT2D eigenvalue weighted by Gasteiger charge is -2.43. The number of carbonyl (C=O) groups is 2. The van der Waals surface area contributed by atoms with E-state index in [0.717, 1.165) is 39.5 Å². The molecule has 0 unspecified atom stereocenters.